The Labute approximate surface area is 225 Å². The fourth-order valence-electron chi connectivity index (χ4n) is 3.07. The maximum atomic E-state index is 9.45. The van der Waals surface area contributed by atoms with E-state index in [1.807, 2.05) is 38.1 Å². The minimum absolute atomic E-state index is 0.00923. The van der Waals surface area contributed by atoms with Crippen LogP contribution in [0.15, 0.2) is 36.4 Å². The molecule has 2 aromatic rings. The summed E-state index contributed by atoms with van der Waals surface area (Å²) in [7, 11) is -1.76. The van der Waals surface area contributed by atoms with Crippen molar-refractivity contribution in [2.24, 2.45) is 0 Å². The van der Waals surface area contributed by atoms with E-state index in [0.29, 0.717) is 6.61 Å². The first-order chi connectivity index (χ1) is 15.8. The molecular weight excluding hydrogens is 493 g/mol. The van der Waals surface area contributed by atoms with E-state index in [1.165, 1.54) is 0 Å². The van der Waals surface area contributed by atoms with Gasteiger partial charge in [0, 0.05) is 9.49 Å². The smallest absolute Gasteiger partial charge is 0.192 e. The highest BCUT2D eigenvalue weighted by molar-refractivity contribution is 7.81. The van der Waals surface area contributed by atoms with Crippen molar-refractivity contribution < 1.29 is 19.7 Å². The molecule has 0 heterocycles. The van der Waals surface area contributed by atoms with E-state index in [1.54, 1.807) is 6.07 Å². The van der Waals surface area contributed by atoms with Crippen molar-refractivity contribution in [3.8, 4) is 0 Å². The maximum Gasteiger partial charge on any atom is 0.192 e. The van der Waals surface area contributed by atoms with Gasteiger partial charge in [-0.25, -0.2) is 0 Å². The second kappa shape index (κ2) is 12.6. The molecule has 0 aliphatic carbocycles. The third-order valence-corrected chi connectivity index (χ3v) is 11.5. The van der Waals surface area contributed by atoms with Crippen LogP contribution in [-0.4, -0.2) is 23.6 Å². The summed E-state index contributed by atoms with van der Waals surface area (Å²) in [6.45, 7) is 19.9. The molecule has 0 aromatic heterocycles. The summed E-state index contributed by atoms with van der Waals surface area (Å²) >= 11 is 9.09. The van der Waals surface area contributed by atoms with Gasteiger partial charge in [-0.1, -0.05) is 57.2 Å². The van der Waals surface area contributed by atoms with Crippen LogP contribution in [0.25, 0.3) is 0 Å². The average molecular weight is 539 g/mol. The molecule has 3 N–H and O–H groups in total. The van der Waals surface area contributed by atoms with Crippen LogP contribution in [0.3, 0.4) is 0 Å². The Kier molecular flexibility index (Phi) is 11.6. The molecule has 2 aromatic carbocycles. The second-order valence-corrected chi connectivity index (χ2v) is 18.8. The molecule has 35 heavy (non-hydrogen) atoms. The fourth-order valence-corrected chi connectivity index (χ4v) is 4.29. The minimum atomic E-state index is -1.76. The summed E-state index contributed by atoms with van der Waals surface area (Å²) in [5, 5.41) is 27.7. The molecule has 7 heteroatoms. The van der Waals surface area contributed by atoms with Gasteiger partial charge in [0.2, 0.25) is 0 Å². The zero-order valence-corrected chi connectivity index (χ0v) is 25.7. The molecule has 0 radical (unpaired) electrons. The number of rotatable bonds is 8. The lowest BCUT2D eigenvalue weighted by Crippen LogP contribution is -2.40. The highest BCUT2D eigenvalue weighted by atomic mass is 32.1. The van der Waals surface area contributed by atoms with Crippen molar-refractivity contribution in [3.63, 3.8) is 0 Å². The molecule has 0 unspecified atom stereocenters. The second-order valence-electron chi connectivity index (χ2n) is 11.7. The van der Waals surface area contributed by atoms with Gasteiger partial charge >= 0.3 is 0 Å². The van der Waals surface area contributed by atoms with Crippen LogP contribution in [0.4, 0.5) is 0 Å². The predicted molar refractivity (Wildman–Crippen MR) is 157 cm³/mol. The molecule has 4 nitrogen and oxygen atoms in total. The fraction of sp³-hybridized carbons (Fsp3) is 0.571. The largest absolute Gasteiger partial charge is 0.413 e. The number of hydrogen-bond acceptors (Lipinski definition) is 6. The molecule has 0 saturated heterocycles. The zero-order valence-electron chi connectivity index (χ0n) is 22.9. The van der Waals surface area contributed by atoms with Gasteiger partial charge in [-0.15, -0.1) is 0 Å². The molecule has 0 atom stereocenters. The monoisotopic (exact) mass is 538 g/mol. The molecular formula is C28H46O4S2Si. The van der Waals surface area contributed by atoms with Crippen LogP contribution < -0.4 is 0 Å². The summed E-state index contributed by atoms with van der Waals surface area (Å²) < 4.78 is 5.80. The number of thiol groups is 2. The van der Waals surface area contributed by atoms with Gasteiger partial charge in [0.1, 0.15) is 0 Å². The highest BCUT2D eigenvalue weighted by Gasteiger charge is 2.37. The first kappa shape index (κ1) is 32.2. The summed E-state index contributed by atoms with van der Waals surface area (Å²) in [4.78, 5) is 0. The lowest BCUT2D eigenvalue weighted by Gasteiger charge is -2.36. The molecule has 0 saturated carbocycles. The normalized spacial score (nSPS) is 12.9. The summed E-state index contributed by atoms with van der Waals surface area (Å²) in [5.41, 5.74) is 5.79. The first-order valence-corrected chi connectivity index (χ1v) is 15.8. The zero-order chi connectivity index (χ0) is 27.2. The van der Waals surface area contributed by atoms with Crippen LogP contribution in [-0.2, 0) is 40.3 Å². The first-order valence-electron chi connectivity index (χ1n) is 12.0. The van der Waals surface area contributed by atoms with Crippen molar-refractivity contribution in [1.29, 1.82) is 0 Å². The number of benzene rings is 2. The van der Waals surface area contributed by atoms with Gasteiger partial charge < -0.3 is 19.7 Å². The van der Waals surface area contributed by atoms with Crippen molar-refractivity contribution in [2.75, 3.05) is 0 Å². The Bertz CT molecular complexity index is 933. The third-order valence-electron chi connectivity index (χ3n) is 6.47. The Morgan fingerprint density at radius 3 is 1.23 bits per heavy atom. The Hall–Kier alpha value is -0.803. The van der Waals surface area contributed by atoms with Crippen LogP contribution in [0.1, 0.15) is 81.8 Å². The van der Waals surface area contributed by atoms with Crippen molar-refractivity contribution in [2.45, 2.75) is 103 Å². The highest BCUT2D eigenvalue weighted by Crippen LogP contribution is 2.37. The minimum Gasteiger partial charge on any atom is -0.413 e. The lowest BCUT2D eigenvalue weighted by molar-refractivity contribution is 0.272. The van der Waals surface area contributed by atoms with Crippen molar-refractivity contribution in [1.82, 2.24) is 0 Å². The van der Waals surface area contributed by atoms with Crippen LogP contribution in [0.5, 0.6) is 0 Å². The molecule has 0 bridgehead atoms. The van der Waals surface area contributed by atoms with E-state index in [-0.39, 0.29) is 34.4 Å². The van der Waals surface area contributed by atoms with Crippen molar-refractivity contribution >= 4 is 33.6 Å². The number of aliphatic hydroxyl groups excluding tert-OH is 3. The van der Waals surface area contributed by atoms with Gasteiger partial charge in [-0.2, -0.15) is 25.3 Å². The standard InChI is InChI=1S/C17H30O2SSi.C11H16O2S/c1-16(2,3)21(6,7)19-12-14-8-13(11-18)9-15(10-14)17(4,5)20;1-11(2,14)10-4-8(6-12)3-9(5-10)7-13/h8-10,18,20H,11-12H2,1-7H3;3-5,12-14H,6-7H2,1-2H3. The topological polar surface area (TPSA) is 69.9 Å². The van der Waals surface area contributed by atoms with Gasteiger partial charge in [0.15, 0.2) is 8.32 Å². The molecule has 2 rings (SSSR count). The lowest BCUT2D eigenvalue weighted by atomic mass is 9.97. The molecule has 198 valence electrons. The summed E-state index contributed by atoms with van der Waals surface area (Å²) in [5.74, 6) is 0. The van der Waals surface area contributed by atoms with E-state index in [4.69, 9.17) is 14.6 Å². The van der Waals surface area contributed by atoms with Crippen molar-refractivity contribution in [3.05, 3.63) is 69.8 Å². The van der Waals surface area contributed by atoms with Gasteiger partial charge in [-0.05, 0) is 79.2 Å². The van der Waals surface area contributed by atoms with Gasteiger partial charge in [0.05, 0.1) is 26.4 Å². The van der Waals surface area contributed by atoms with Crippen LogP contribution in [0.2, 0.25) is 18.1 Å². The van der Waals surface area contributed by atoms with E-state index in [9.17, 15) is 5.11 Å². The Morgan fingerprint density at radius 2 is 0.943 bits per heavy atom. The van der Waals surface area contributed by atoms with Gasteiger partial charge in [0.25, 0.3) is 0 Å². The molecule has 0 fully saturated rings. The average Bonchev–Trinajstić information content (AvgIpc) is 2.75. The Balaban J connectivity index is 0.000000379. The Morgan fingerprint density at radius 1 is 0.629 bits per heavy atom. The van der Waals surface area contributed by atoms with E-state index in [0.717, 1.165) is 33.4 Å². The third kappa shape index (κ3) is 10.2. The summed E-state index contributed by atoms with van der Waals surface area (Å²) in [6, 6.07) is 11.8. The number of aliphatic hydroxyl groups is 3. The van der Waals surface area contributed by atoms with Crippen LogP contribution in [0, 0.1) is 0 Å². The SMILES string of the molecule is CC(C)(S)c1cc(CO)cc(CO)c1.CC(C)(S)c1cc(CO)cc(CO[Si](C)(C)C(C)(C)C)c1. The summed E-state index contributed by atoms with van der Waals surface area (Å²) in [6.07, 6.45) is 0. The van der Waals surface area contributed by atoms with Gasteiger partial charge in [-0.3, -0.25) is 0 Å². The molecule has 0 amide bonds. The molecule has 0 aliphatic heterocycles. The number of hydrogen-bond donors (Lipinski definition) is 5. The maximum absolute atomic E-state index is 9.45. The van der Waals surface area contributed by atoms with E-state index < -0.39 is 8.32 Å². The van der Waals surface area contributed by atoms with E-state index in [2.05, 4.69) is 79.0 Å². The molecule has 0 aliphatic rings. The molecule has 0 spiro atoms. The van der Waals surface area contributed by atoms with E-state index >= 15 is 0 Å². The predicted octanol–water partition coefficient (Wildman–Crippen LogP) is 6.70. The van der Waals surface area contributed by atoms with Crippen LogP contribution >= 0.6 is 25.3 Å². The quantitative estimate of drug-likeness (QED) is 0.192.